The fourth-order valence-electron chi connectivity index (χ4n) is 3.78. The molecule has 1 N–H and O–H groups in total. The lowest BCUT2D eigenvalue weighted by atomic mass is 10.0. The van der Waals surface area contributed by atoms with Crippen LogP contribution in [0.2, 0.25) is 5.02 Å². The van der Waals surface area contributed by atoms with Gasteiger partial charge in [-0.2, -0.15) is 0 Å². The Morgan fingerprint density at radius 2 is 1.62 bits per heavy atom. The molecule has 0 aliphatic rings. The molecule has 0 bridgehead atoms. The number of nitrogens with one attached hydrogen (secondary N) is 1. The van der Waals surface area contributed by atoms with Crippen LogP contribution in [0.3, 0.4) is 0 Å². The van der Waals surface area contributed by atoms with Gasteiger partial charge in [-0.05, 0) is 29.7 Å². The van der Waals surface area contributed by atoms with Crippen molar-refractivity contribution in [1.29, 1.82) is 0 Å². The molecule has 0 heterocycles. The average molecular weight is 545 g/mol. The van der Waals surface area contributed by atoms with E-state index >= 15 is 0 Å². The number of thioether (sulfide) groups is 1. The summed E-state index contributed by atoms with van der Waals surface area (Å²) in [6.07, 6.45) is 0.273. The normalized spacial score (nSPS) is 11.8. The van der Waals surface area contributed by atoms with Gasteiger partial charge < -0.3 is 10.2 Å². The number of halogens is 3. The minimum absolute atomic E-state index is 0.0259. The minimum Gasteiger partial charge on any atom is -0.354 e. The van der Waals surface area contributed by atoms with Gasteiger partial charge in [0.05, 0.1) is 5.75 Å². The van der Waals surface area contributed by atoms with Gasteiger partial charge in [0.25, 0.3) is 0 Å². The van der Waals surface area contributed by atoms with Crippen LogP contribution in [-0.2, 0) is 28.3 Å². The Morgan fingerprint density at radius 1 is 0.946 bits per heavy atom. The molecule has 4 nitrogen and oxygen atoms in total. The van der Waals surface area contributed by atoms with E-state index in [2.05, 4.69) is 5.32 Å². The summed E-state index contributed by atoms with van der Waals surface area (Å²) in [6.45, 7) is 4.35. The van der Waals surface area contributed by atoms with E-state index in [1.54, 1.807) is 24.3 Å². The molecule has 2 amide bonds. The molecule has 0 aromatic heterocycles. The Morgan fingerprint density at radius 3 is 2.30 bits per heavy atom. The zero-order valence-electron chi connectivity index (χ0n) is 20.9. The van der Waals surface area contributed by atoms with E-state index in [-0.39, 0.29) is 47.2 Å². The summed E-state index contributed by atoms with van der Waals surface area (Å²) in [5.41, 5.74) is 1.51. The average Bonchev–Trinajstić information content (AvgIpc) is 2.88. The second kappa shape index (κ2) is 14.1. The van der Waals surface area contributed by atoms with Crippen molar-refractivity contribution in [2.75, 3.05) is 12.3 Å². The van der Waals surface area contributed by atoms with Crippen molar-refractivity contribution < 1.29 is 18.4 Å². The fourth-order valence-corrected chi connectivity index (χ4v) is 5.03. The Bertz CT molecular complexity index is 1170. The van der Waals surface area contributed by atoms with Crippen LogP contribution in [-0.4, -0.2) is 35.1 Å². The quantitative estimate of drug-likeness (QED) is 0.292. The summed E-state index contributed by atoms with van der Waals surface area (Å²) in [5, 5.41) is 3.22. The van der Waals surface area contributed by atoms with E-state index in [4.69, 9.17) is 11.6 Å². The SMILES string of the molecule is CC(C)CNC(=O)[C@H](Cc1ccccc1)N(Cc1ccccc1F)C(=O)CSCc1c(F)cccc1Cl. The summed E-state index contributed by atoms with van der Waals surface area (Å²) in [4.78, 5) is 28.4. The van der Waals surface area contributed by atoms with Gasteiger partial charge in [-0.15, -0.1) is 11.8 Å². The van der Waals surface area contributed by atoms with E-state index in [9.17, 15) is 18.4 Å². The lowest BCUT2D eigenvalue weighted by Gasteiger charge is -2.32. The maximum Gasteiger partial charge on any atom is 0.243 e. The largest absolute Gasteiger partial charge is 0.354 e. The Kier molecular flexibility index (Phi) is 11.0. The highest BCUT2D eigenvalue weighted by molar-refractivity contribution is 7.99. The first-order valence-electron chi connectivity index (χ1n) is 12.1. The Hall–Kier alpha value is -2.90. The molecular weight excluding hydrogens is 514 g/mol. The minimum atomic E-state index is -0.856. The molecule has 196 valence electrons. The van der Waals surface area contributed by atoms with Crippen LogP contribution >= 0.6 is 23.4 Å². The summed E-state index contributed by atoms with van der Waals surface area (Å²) in [6, 6.07) is 19.2. The van der Waals surface area contributed by atoms with E-state index in [1.807, 2.05) is 44.2 Å². The molecule has 0 aliphatic carbocycles. The third kappa shape index (κ3) is 8.58. The molecular formula is C29H31ClF2N2O2S. The second-order valence-electron chi connectivity index (χ2n) is 9.15. The molecule has 0 unspecified atom stereocenters. The Balaban J connectivity index is 1.87. The third-order valence-electron chi connectivity index (χ3n) is 5.79. The number of benzene rings is 3. The molecule has 3 aromatic rings. The van der Waals surface area contributed by atoms with Crippen LogP contribution in [0.4, 0.5) is 8.78 Å². The highest BCUT2D eigenvalue weighted by Crippen LogP contribution is 2.25. The van der Waals surface area contributed by atoms with Gasteiger partial charge in [-0.25, -0.2) is 8.78 Å². The van der Waals surface area contributed by atoms with E-state index in [1.165, 1.54) is 34.9 Å². The van der Waals surface area contributed by atoms with Crippen molar-refractivity contribution in [3.05, 3.63) is 106 Å². The standard InChI is InChI=1S/C29H31ClF2N2O2S/c1-20(2)16-33-29(36)27(15-21-9-4-3-5-10-21)34(17-22-11-6-7-13-25(22)31)28(35)19-37-18-23-24(30)12-8-14-26(23)32/h3-14,20,27H,15-19H2,1-2H3,(H,33,36)/t27-/m0/s1. The van der Waals surface area contributed by atoms with E-state index in [0.29, 0.717) is 17.7 Å². The van der Waals surface area contributed by atoms with Crippen LogP contribution in [0.1, 0.15) is 30.5 Å². The van der Waals surface area contributed by atoms with Crippen LogP contribution < -0.4 is 5.32 Å². The van der Waals surface area contributed by atoms with Gasteiger partial charge in [0, 0.05) is 41.4 Å². The Labute approximate surface area is 226 Å². The van der Waals surface area contributed by atoms with E-state index < -0.39 is 17.7 Å². The molecule has 0 saturated carbocycles. The highest BCUT2D eigenvalue weighted by atomic mass is 35.5. The molecule has 1 atom stereocenters. The monoisotopic (exact) mass is 544 g/mol. The molecule has 0 radical (unpaired) electrons. The van der Waals surface area contributed by atoms with Gasteiger partial charge in [-0.3, -0.25) is 9.59 Å². The molecule has 3 aromatic carbocycles. The molecule has 0 fully saturated rings. The van der Waals surface area contributed by atoms with Crippen molar-refractivity contribution in [1.82, 2.24) is 10.2 Å². The molecule has 37 heavy (non-hydrogen) atoms. The van der Waals surface area contributed by atoms with Gasteiger partial charge in [0.1, 0.15) is 17.7 Å². The zero-order valence-corrected chi connectivity index (χ0v) is 22.5. The highest BCUT2D eigenvalue weighted by Gasteiger charge is 2.31. The zero-order chi connectivity index (χ0) is 26.8. The number of rotatable bonds is 12. The fraction of sp³-hybridized carbons (Fsp3) is 0.310. The molecule has 0 spiro atoms. The van der Waals surface area contributed by atoms with Crippen molar-refractivity contribution in [2.45, 2.75) is 38.6 Å². The smallest absolute Gasteiger partial charge is 0.243 e. The summed E-state index contributed by atoms with van der Waals surface area (Å²) in [7, 11) is 0. The maximum absolute atomic E-state index is 14.6. The molecule has 3 rings (SSSR count). The molecule has 0 aliphatic heterocycles. The third-order valence-corrected chi connectivity index (χ3v) is 7.09. The lowest BCUT2D eigenvalue weighted by molar-refractivity contribution is -0.139. The topological polar surface area (TPSA) is 49.4 Å². The summed E-state index contributed by atoms with van der Waals surface area (Å²) in [5.74, 6) is -1.16. The van der Waals surface area contributed by atoms with Gasteiger partial charge >= 0.3 is 0 Å². The first kappa shape index (κ1) is 28.7. The number of carbonyl (C=O) groups excluding carboxylic acids is 2. The molecule has 8 heteroatoms. The summed E-state index contributed by atoms with van der Waals surface area (Å²) >= 11 is 7.33. The number of hydrogen-bond acceptors (Lipinski definition) is 3. The van der Waals surface area contributed by atoms with Crippen LogP contribution in [0.25, 0.3) is 0 Å². The first-order chi connectivity index (χ1) is 17.8. The van der Waals surface area contributed by atoms with Crippen molar-refractivity contribution in [3.63, 3.8) is 0 Å². The predicted molar refractivity (Wildman–Crippen MR) is 146 cm³/mol. The molecule has 0 saturated heterocycles. The van der Waals surface area contributed by atoms with Crippen molar-refractivity contribution in [2.24, 2.45) is 5.92 Å². The van der Waals surface area contributed by atoms with Crippen LogP contribution in [0.5, 0.6) is 0 Å². The van der Waals surface area contributed by atoms with Gasteiger partial charge in [0.15, 0.2) is 0 Å². The summed E-state index contributed by atoms with van der Waals surface area (Å²) < 4.78 is 28.8. The predicted octanol–water partition coefficient (Wildman–Crippen LogP) is 6.26. The van der Waals surface area contributed by atoms with Gasteiger partial charge in [0.2, 0.25) is 11.8 Å². The van der Waals surface area contributed by atoms with Gasteiger partial charge in [-0.1, -0.05) is 80.0 Å². The van der Waals surface area contributed by atoms with Crippen LogP contribution in [0.15, 0.2) is 72.8 Å². The van der Waals surface area contributed by atoms with Crippen molar-refractivity contribution in [3.8, 4) is 0 Å². The lowest BCUT2D eigenvalue weighted by Crippen LogP contribution is -2.51. The number of amides is 2. The van der Waals surface area contributed by atoms with Crippen LogP contribution in [0, 0.1) is 17.6 Å². The van der Waals surface area contributed by atoms with E-state index in [0.717, 1.165) is 5.56 Å². The van der Waals surface area contributed by atoms with Crippen molar-refractivity contribution >= 4 is 35.2 Å². The number of nitrogens with zero attached hydrogens (tertiary/aromatic N) is 1. The number of hydrogen-bond donors (Lipinski definition) is 1. The maximum atomic E-state index is 14.6. The number of carbonyl (C=O) groups is 2. The second-order valence-corrected chi connectivity index (χ2v) is 10.5. The first-order valence-corrected chi connectivity index (χ1v) is 13.6.